The standard InChI is InChI=1S/C23H24N2O/c1-24-16-8-13-21(24)17-25(20-14-15-20)23(26)22(18-9-4-2-5-10-18)19-11-6-3-7-12-19/h2-13,16,20,22H,14-15,17H2,1H3. The second kappa shape index (κ2) is 7.20. The Morgan fingerprint density at radius 3 is 2.00 bits per heavy atom. The highest BCUT2D eigenvalue weighted by Crippen LogP contribution is 2.34. The Labute approximate surface area is 154 Å². The van der Waals surface area contributed by atoms with E-state index in [0.717, 1.165) is 24.0 Å². The highest BCUT2D eigenvalue weighted by atomic mass is 16.2. The van der Waals surface area contributed by atoms with E-state index in [1.807, 2.05) is 55.7 Å². The van der Waals surface area contributed by atoms with E-state index in [2.05, 4.69) is 39.8 Å². The minimum Gasteiger partial charge on any atom is -0.353 e. The fourth-order valence-corrected chi connectivity index (χ4v) is 3.54. The number of rotatable bonds is 6. The summed E-state index contributed by atoms with van der Waals surface area (Å²) in [5.74, 6) is -0.0515. The summed E-state index contributed by atoms with van der Waals surface area (Å²) in [7, 11) is 2.04. The van der Waals surface area contributed by atoms with Crippen LogP contribution in [0.15, 0.2) is 79.0 Å². The first-order chi connectivity index (χ1) is 12.7. The smallest absolute Gasteiger partial charge is 0.235 e. The van der Waals surface area contributed by atoms with Crippen molar-refractivity contribution in [2.45, 2.75) is 31.3 Å². The van der Waals surface area contributed by atoms with Gasteiger partial charge < -0.3 is 9.47 Å². The number of aryl methyl sites for hydroxylation is 1. The third-order valence-electron chi connectivity index (χ3n) is 5.17. The van der Waals surface area contributed by atoms with Gasteiger partial charge in [0.15, 0.2) is 0 Å². The molecule has 3 nitrogen and oxygen atoms in total. The first-order valence-corrected chi connectivity index (χ1v) is 9.24. The third-order valence-corrected chi connectivity index (χ3v) is 5.17. The molecule has 2 aromatic carbocycles. The first kappa shape index (κ1) is 16.6. The SMILES string of the molecule is Cn1cccc1CN(C(=O)C(c1ccccc1)c1ccccc1)C1CC1. The van der Waals surface area contributed by atoms with E-state index in [1.54, 1.807) is 0 Å². The van der Waals surface area contributed by atoms with Crippen molar-refractivity contribution in [3.8, 4) is 0 Å². The number of carbonyl (C=O) groups is 1. The molecule has 26 heavy (non-hydrogen) atoms. The lowest BCUT2D eigenvalue weighted by Gasteiger charge is -2.28. The Bertz CT molecular complexity index is 826. The highest BCUT2D eigenvalue weighted by molar-refractivity contribution is 5.87. The van der Waals surface area contributed by atoms with Crippen molar-refractivity contribution >= 4 is 5.91 Å². The van der Waals surface area contributed by atoms with Crippen LogP contribution in [0.25, 0.3) is 0 Å². The highest BCUT2D eigenvalue weighted by Gasteiger charge is 2.37. The molecule has 0 unspecified atom stereocenters. The van der Waals surface area contributed by atoms with Gasteiger partial charge in [-0.05, 0) is 36.1 Å². The van der Waals surface area contributed by atoms with Crippen LogP contribution in [0.1, 0.15) is 35.6 Å². The molecule has 0 N–H and O–H groups in total. The number of nitrogens with zero attached hydrogens (tertiary/aromatic N) is 2. The summed E-state index contributed by atoms with van der Waals surface area (Å²) in [5, 5.41) is 0. The fraction of sp³-hybridized carbons (Fsp3) is 0.261. The average Bonchev–Trinajstić information content (AvgIpc) is 3.44. The Kier molecular flexibility index (Phi) is 4.61. The maximum atomic E-state index is 13.7. The van der Waals surface area contributed by atoms with Gasteiger partial charge in [0.05, 0.1) is 12.5 Å². The summed E-state index contributed by atoms with van der Waals surface area (Å²) < 4.78 is 2.10. The van der Waals surface area contributed by atoms with Crippen LogP contribution in [0.5, 0.6) is 0 Å². The molecule has 0 atom stereocenters. The van der Waals surface area contributed by atoms with Gasteiger partial charge in [-0.2, -0.15) is 0 Å². The normalized spacial score (nSPS) is 13.8. The molecule has 0 spiro atoms. The van der Waals surface area contributed by atoms with E-state index in [-0.39, 0.29) is 11.8 Å². The Morgan fingerprint density at radius 1 is 0.962 bits per heavy atom. The molecular weight excluding hydrogens is 320 g/mol. The van der Waals surface area contributed by atoms with Crippen LogP contribution in [0.2, 0.25) is 0 Å². The zero-order chi connectivity index (χ0) is 17.9. The molecule has 3 heteroatoms. The number of benzene rings is 2. The van der Waals surface area contributed by atoms with Crippen molar-refractivity contribution in [1.29, 1.82) is 0 Å². The predicted molar refractivity (Wildman–Crippen MR) is 104 cm³/mol. The lowest BCUT2D eigenvalue weighted by molar-refractivity contribution is -0.133. The maximum Gasteiger partial charge on any atom is 0.235 e. The number of aromatic nitrogens is 1. The van der Waals surface area contributed by atoms with E-state index in [4.69, 9.17) is 0 Å². The van der Waals surface area contributed by atoms with Crippen LogP contribution < -0.4 is 0 Å². The van der Waals surface area contributed by atoms with Crippen LogP contribution >= 0.6 is 0 Å². The van der Waals surface area contributed by atoms with Gasteiger partial charge in [0.1, 0.15) is 0 Å². The molecular formula is C23H24N2O. The maximum absolute atomic E-state index is 13.7. The number of carbonyl (C=O) groups excluding carboxylic acids is 1. The van der Waals surface area contributed by atoms with Gasteiger partial charge in [-0.25, -0.2) is 0 Å². The van der Waals surface area contributed by atoms with E-state index < -0.39 is 0 Å². The summed E-state index contributed by atoms with van der Waals surface area (Å²) in [5.41, 5.74) is 3.28. The molecule has 0 bridgehead atoms. The van der Waals surface area contributed by atoms with Crippen molar-refractivity contribution in [2.24, 2.45) is 7.05 Å². The van der Waals surface area contributed by atoms with Crippen LogP contribution in [-0.4, -0.2) is 21.4 Å². The molecule has 4 rings (SSSR count). The van der Waals surface area contributed by atoms with Crippen LogP contribution in [-0.2, 0) is 18.4 Å². The Morgan fingerprint density at radius 2 is 1.54 bits per heavy atom. The molecule has 3 aromatic rings. The topological polar surface area (TPSA) is 25.2 Å². The number of amides is 1. The first-order valence-electron chi connectivity index (χ1n) is 9.24. The summed E-state index contributed by atoms with van der Waals surface area (Å²) in [6.07, 6.45) is 4.25. The Balaban J connectivity index is 1.69. The zero-order valence-corrected chi connectivity index (χ0v) is 15.1. The molecule has 1 fully saturated rings. The second-order valence-corrected chi connectivity index (χ2v) is 7.06. The van der Waals surface area contributed by atoms with Crippen molar-refractivity contribution in [2.75, 3.05) is 0 Å². The van der Waals surface area contributed by atoms with Crippen molar-refractivity contribution in [1.82, 2.24) is 9.47 Å². The monoisotopic (exact) mass is 344 g/mol. The van der Waals surface area contributed by atoms with Crippen molar-refractivity contribution in [3.05, 3.63) is 95.8 Å². The second-order valence-electron chi connectivity index (χ2n) is 7.06. The van der Waals surface area contributed by atoms with E-state index in [0.29, 0.717) is 12.6 Å². The third kappa shape index (κ3) is 3.43. The van der Waals surface area contributed by atoms with Crippen LogP contribution in [0.3, 0.4) is 0 Å². The molecule has 0 saturated heterocycles. The molecule has 1 saturated carbocycles. The zero-order valence-electron chi connectivity index (χ0n) is 15.1. The van der Waals surface area contributed by atoms with E-state index in [1.165, 1.54) is 5.69 Å². The predicted octanol–water partition coefficient (Wildman–Crippen LogP) is 4.35. The molecule has 1 amide bonds. The largest absolute Gasteiger partial charge is 0.353 e. The molecule has 1 heterocycles. The van der Waals surface area contributed by atoms with Gasteiger partial charge >= 0.3 is 0 Å². The minimum atomic E-state index is -0.252. The van der Waals surface area contributed by atoms with Gasteiger partial charge in [0.2, 0.25) is 5.91 Å². The van der Waals surface area contributed by atoms with Crippen molar-refractivity contribution in [3.63, 3.8) is 0 Å². The van der Waals surface area contributed by atoms with E-state index in [9.17, 15) is 4.79 Å². The summed E-state index contributed by atoms with van der Waals surface area (Å²) in [6, 6.07) is 24.8. The van der Waals surface area contributed by atoms with Gasteiger partial charge in [-0.15, -0.1) is 0 Å². The van der Waals surface area contributed by atoms with E-state index >= 15 is 0 Å². The lowest BCUT2D eigenvalue weighted by atomic mass is 9.90. The van der Waals surface area contributed by atoms with Gasteiger partial charge in [0, 0.05) is 25.0 Å². The molecule has 1 aromatic heterocycles. The molecule has 0 aliphatic heterocycles. The quantitative estimate of drug-likeness (QED) is 0.653. The minimum absolute atomic E-state index is 0.200. The average molecular weight is 344 g/mol. The van der Waals surface area contributed by atoms with Gasteiger partial charge in [0.25, 0.3) is 0 Å². The van der Waals surface area contributed by atoms with Gasteiger partial charge in [-0.3, -0.25) is 4.79 Å². The number of hydrogen-bond acceptors (Lipinski definition) is 1. The fourth-order valence-electron chi connectivity index (χ4n) is 3.54. The molecule has 0 radical (unpaired) electrons. The molecule has 132 valence electrons. The Hall–Kier alpha value is -2.81. The molecule has 1 aliphatic rings. The summed E-state index contributed by atoms with van der Waals surface area (Å²) >= 11 is 0. The lowest BCUT2D eigenvalue weighted by Crippen LogP contribution is -2.37. The van der Waals surface area contributed by atoms with Crippen LogP contribution in [0, 0.1) is 0 Å². The molecule has 1 aliphatic carbocycles. The van der Waals surface area contributed by atoms with Gasteiger partial charge in [-0.1, -0.05) is 60.7 Å². The number of hydrogen-bond donors (Lipinski definition) is 0. The summed E-state index contributed by atoms with van der Waals surface area (Å²) in [4.78, 5) is 15.8. The summed E-state index contributed by atoms with van der Waals surface area (Å²) in [6.45, 7) is 0.670. The van der Waals surface area contributed by atoms with Crippen molar-refractivity contribution < 1.29 is 4.79 Å². The van der Waals surface area contributed by atoms with Crippen LogP contribution in [0.4, 0.5) is 0 Å².